The summed E-state index contributed by atoms with van der Waals surface area (Å²) >= 11 is 0. The lowest BCUT2D eigenvalue weighted by molar-refractivity contribution is -0.143. The molecule has 2 aliphatic rings. The first-order valence-corrected chi connectivity index (χ1v) is 13.5. The number of rotatable bonds is 9. The molecule has 2 amide bonds. The van der Waals surface area contributed by atoms with E-state index in [9.17, 15) is 9.59 Å². The van der Waals surface area contributed by atoms with Gasteiger partial charge in [-0.05, 0) is 47.9 Å². The number of hydrogen-bond donors (Lipinski definition) is 0. The van der Waals surface area contributed by atoms with Crippen LogP contribution in [0.3, 0.4) is 0 Å². The zero-order valence-corrected chi connectivity index (χ0v) is 22.2. The first-order valence-electron chi connectivity index (χ1n) is 13.5. The fourth-order valence-electron chi connectivity index (χ4n) is 5.36. The van der Waals surface area contributed by atoms with Crippen molar-refractivity contribution >= 4 is 17.5 Å². The van der Waals surface area contributed by atoms with Crippen LogP contribution in [0.5, 0.6) is 11.5 Å². The Labute approximate surface area is 233 Å². The van der Waals surface area contributed by atoms with E-state index >= 15 is 0 Å². The van der Waals surface area contributed by atoms with Gasteiger partial charge in [-0.25, -0.2) is 5.06 Å². The molecule has 0 radical (unpaired) electrons. The van der Waals surface area contributed by atoms with E-state index in [1.54, 1.807) is 5.06 Å². The SMILES string of the molecule is CCOc1cc([C@H]2[C@@H]3C(=O)N(Cc4ccccc4)C(=O)[C@H]3ON2c2ccccc2)ccc1OCc1ccccc1. The Bertz CT molecular complexity index is 1480. The molecule has 3 atom stereocenters. The number of ether oxygens (including phenoxy) is 2. The number of hydroxylamine groups is 1. The van der Waals surface area contributed by atoms with Gasteiger partial charge in [-0.2, -0.15) is 0 Å². The predicted octanol–water partition coefficient (Wildman–Crippen LogP) is 5.71. The number of carbonyl (C=O) groups is 2. The van der Waals surface area contributed by atoms with E-state index in [2.05, 4.69) is 0 Å². The van der Waals surface area contributed by atoms with Crippen LogP contribution in [-0.4, -0.2) is 29.4 Å². The van der Waals surface area contributed by atoms with Crippen molar-refractivity contribution in [3.63, 3.8) is 0 Å². The largest absolute Gasteiger partial charge is 0.490 e. The van der Waals surface area contributed by atoms with Crippen LogP contribution in [0.1, 0.15) is 29.7 Å². The Morgan fingerprint density at radius 1 is 0.725 bits per heavy atom. The van der Waals surface area contributed by atoms with Crippen LogP contribution in [0, 0.1) is 5.92 Å². The molecule has 202 valence electrons. The van der Waals surface area contributed by atoms with E-state index in [1.165, 1.54) is 4.90 Å². The maximum atomic E-state index is 13.8. The monoisotopic (exact) mass is 534 g/mol. The maximum absolute atomic E-state index is 13.8. The second-order valence-electron chi connectivity index (χ2n) is 9.82. The molecule has 7 nitrogen and oxygen atoms in total. The smallest absolute Gasteiger partial charge is 0.262 e. The number of carbonyl (C=O) groups excluding carboxylic acids is 2. The lowest BCUT2D eigenvalue weighted by Gasteiger charge is -2.29. The third kappa shape index (κ3) is 4.92. The number of nitrogens with zero attached hydrogens (tertiary/aromatic N) is 2. The normalized spacial score (nSPS) is 20.1. The Hall–Kier alpha value is -4.62. The third-order valence-corrected chi connectivity index (χ3v) is 7.25. The van der Waals surface area contributed by atoms with Gasteiger partial charge in [-0.1, -0.05) is 84.9 Å². The second kappa shape index (κ2) is 11.2. The van der Waals surface area contributed by atoms with E-state index in [4.69, 9.17) is 14.3 Å². The number of para-hydroxylation sites is 1. The number of imide groups is 1. The van der Waals surface area contributed by atoms with Crippen LogP contribution in [0.2, 0.25) is 0 Å². The molecule has 4 aromatic carbocycles. The van der Waals surface area contributed by atoms with Crippen molar-refractivity contribution in [2.45, 2.75) is 32.2 Å². The lowest BCUT2D eigenvalue weighted by atomic mass is 9.90. The molecule has 40 heavy (non-hydrogen) atoms. The molecule has 0 N–H and O–H groups in total. The molecule has 0 spiro atoms. The molecule has 0 bridgehead atoms. The summed E-state index contributed by atoms with van der Waals surface area (Å²) in [4.78, 5) is 34.9. The highest BCUT2D eigenvalue weighted by Crippen LogP contribution is 2.48. The van der Waals surface area contributed by atoms with E-state index < -0.39 is 18.1 Å². The molecule has 0 saturated carbocycles. The zero-order valence-electron chi connectivity index (χ0n) is 22.2. The van der Waals surface area contributed by atoms with Gasteiger partial charge in [-0.3, -0.25) is 19.3 Å². The summed E-state index contributed by atoms with van der Waals surface area (Å²) in [6.45, 7) is 2.97. The first-order chi connectivity index (χ1) is 19.6. The van der Waals surface area contributed by atoms with E-state index in [1.807, 2.05) is 116 Å². The van der Waals surface area contributed by atoms with Crippen molar-refractivity contribution < 1.29 is 23.9 Å². The summed E-state index contributed by atoms with van der Waals surface area (Å²) in [5.74, 6) is -0.0947. The zero-order chi connectivity index (χ0) is 27.5. The van der Waals surface area contributed by atoms with Crippen molar-refractivity contribution in [1.82, 2.24) is 4.90 Å². The fourth-order valence-corrected chi connectivity index (χ4v) is 5.36. The summed E-state index contributed by atoms with van der Waals surface area (Å²) in [6.07, 6.45) is -0.911. The Morgan fingerprint density at radius 3 is 2.05 bits per heavy atom. The average Bonchev–Trinajstić information content (AvgIpc) is 3.50. The second-order valence-corrected chi connectivity index (χ2v) is 9.82. The maximum Gasteiger partial charge on any atom is 0.262 e. The van der Waals surface area contributed by atoms with Gasteiger partial charge in [0, 0.05) is 0 Å². The van der Waals surface area contributed by atoms with Gasteiger partial charge in [0.2, 0.25) is 5.91 Å². The summed E-state index contributed by atoms with van der Waals surface area (Å²) in [7, 11) is 0. The summed E-state index contributed by atoms with van der Waals surface area (Å²) < 4.78 is 12.1. The Morgan fingerprint density at radius 2 is 1.38 bits per heavy atom. The molecule has 2 saturated heterocycles. The van der Waals surface area contributed by atoms with Crippen LogP contribution >= 0.6 is 0 Å². The third-order valence-electron chi connectivity index (χ3n) is 7.25. The fraction of sp³-hybridized carbons (Fsp3) is 0.212. The lowest BCUT2D eigenvalue weighted by Crippen LogP contribution is -2.36. The average molecular weight is 535 g/mol. The number of anilines is 1. The van der Waals surface area contributed by atoms with Gasteiger partial charge >= 0.3 is 0 Å². The molecule has 6 rings (SSSR count). The van der Waals surface area contributed by atoms with Crippen LogP contribution in [0.25, 0.3) is 0 Å². The van der Waals surface area contributed by atoms with Crippen LogP contribution in [-0.2, 0) is 27.6 Å². The van der Waals surface area contributed by atoms with Gasteiger partial charge in [0.1, 0.15) is 12.5 Å². The molecule has 2 heterocycles. The van der Waals surface area contributed by atoms with E-state index in [0.717, 1.165) is 22.4 Å². The van der Waals surface area contributed by atoms with Gasteiger partial charge in [0.05, 0.1) is 24.9 Å². The molecule has 7 heteroatoms. The summed E-state index contributed by atoms with van der Waals surface area (Å²) in [6, 6.07) is 34.1. The van der Waals surface area contributed by atoms with Gasteiger partial charge in [0.25, 0.3) is 5.91 Å². The minimum Gasteiger partial charge on any atom is -0.490 e. The van der Waals surface area contributed by atoms with E-state index in [0.29, 0.717) is 24.7 Å². The van der Waals surface area contributed by atoms with Gasteiger partial charge in [-0.15, -0.1) is 0 Å². The standard InChI is InChI=1S/C33H30N2O5/c1-2-38-28-20-25(18-19-27(28)39-22-24-14-8-4-9-15-24)30-29-31(40-35(30)26-16-10-5-11-17-26)33(37)34(32(29)36)21-23-12-6-3-7-13-23/h3-20,29-31H,2,21-22H2,1H3/t29-,30-,31-/m0/s1. The highest BCUT2D eigenvalue weighted by atomic mass is 16.7. The van der Waals surface area contributed by atoms with Crippen molar-refractivity contribution in [1.29, 1.82) is 0 Å². The molecule has 2 fully saturated rings. The molecular formula is C33H30N2O5. The van der Waals surface area contributed by atoms with Crippen LogP contribution in [0.4, 0.5) is 5.69 Å². The van der Waals surface area contributed by atoms with Gasteiger partial charge < -0.3 is 9.47 Å². The summed E-state index contributed by atoms with van der Waals surface area (Å²) in [5.41, 5.74) is 3.50. The molecule has 0 unspecified atom stereocenters. The highest BCUT2D eigenvalue weighted by molar-refractivity contribution is 6.07. The molecule has 4 aromatic rings. The molecule has 0 aliphatic carbocycles. The van der Waals surface area contributed by atoms with Crippen molar-refractivity contribution in [3.8, 4) is 11.5 Å². The van der Waals surface area contributed by atoms with Crippen molar-refractivity contribution in [2.75, 3.05) is 11.7 Å². The Kier molecular flexibility index (Phi) is 7.21. The van der Waals surface area contributed by atoms with E-state index in [-0.39, 0.29) is 18.4 Å². The number of benzene rings is 4. The molecule has 0 aromatic heterocycles. The number of hydrogen-bond acceptors (Lipinski definition) is 6. The molecule has 2 aliphatic heterocycles. The minimum atomic E-state index is -0.911. The number of amides is 2. The number of likely N-dealkylation sites (tertiary alicyclic amines) is 1. The minimum absolute atomic E-state index is 0.212. The van der Waals surface area contributed by atoms with Crippen molar-refractivity contribution in [3.05, 3.63) is 126 Å². The van der Waals surface area contributed by atoms with Crippen LogP contribution in [0.15, 0.2) is 109 Å². The number of fused-ring (bicyclic) bond motifs is 1. The van der Waals surface area contributed by atoms with Crippen molar-refractivity contribution in [2.24, 2.45) is 5.92 Å². The van der Waals surface area contributed by atoms with Crippen LogP contribution < -0.4 is 14.5 Å². The van der Waals surface area contributed by atoms with Gasteiger partial charge in [0.15, 0.2) is 17.6 Å². The Balaban J connectivity index is 1.34. The topological polar surface area (TPSA) is 68.3 Å². The summed E-state index contributed by atoms with van der Waals surface area (Å²) in [5, 5.41) is 1.69. The quantitative estimate of drug-likeness (QED) is 0.256. The molecular weight excluding hydrogens is 504 g/mol. The first kappa shape index (κ1) is 25.6. The highest BCUT2D eigenvalue weighted by Gasteiger charge is 2.59. The predicted molar refractivity (Wildman–Crippen MR) is 150 cm³/mol.